The molecule has 0 aliphatic rings. The van der Waals surface area contributed by atoms with E-state index in [1.165, 1.54) is 17.4 Å². The molecule has 0 aliphatic heterocycles. The first-order valence-electron chi connectivity index (χ1n) is 5.65. The van der Waals surface area contributed by atoms with Gasteiger partial charge in [-0.25, -0.2) is 18.7 Å². The fraction of sp³-hybridized carbons (Fsp3) is 0.0769. The van der Waals surface area contributed by atoms with Gasteiger partial charge in [0.25, 0.3) is 0 Å². The highest BCUT2D eigenvalue weighted by Crippen LogP contribution is 2.33. The standard InChI is InChI=1S/C13H8BrF2N3S/c1-5-4-7-11(17)18-12(19-13(7)20-5)6-2-3-8(15)10(16)9(6)14/h2-4H,1H3,(H2,17,18,19). The number of nitrogen functional groups attached to an aromatic ring is 1. The molecule has 0 atom stereocenters. The Morgan fingerprint density at radius 1 is 1.25 bits per heavy atom. The quantitative estimate of drug-likeness (QED) is 0.662. The Bertz CT molecular complexity index is 832. The number of aryl methyl sites for hydroxylation is 1. The molecule has 2 N–H and O–H groups in total. The van der Waals surface area contributed by atoms with Gasteiger partial charge in [0, 0.05) is 10.4 Å². The third-order valence-electron chi connectivity index (χ3n) is 2.82. The Hall–Kier alpha value is -1.60. The predicted octanol–water partition coefficient (Wildman–Crippen LogP) is 4.29. The molecule has 0 spiro atoms. The molecule has 0 fully saturated rings. The second-order valence-corrected chi connectivity index (χ2v) is 6.26. The lowest BCUT2D eigenvalue weighted by atomic mass is 10.2. The van der Waals surface area contributed by atoms with Gasteiger partial charge in [0.05, 0.1) is 9.86 Å². The van der Waals surface area contributed by atoms with Crippen molar-refractivity contribution >= 4 is 43.3 Å². The highest BCUT2D eigenvalue weighted by molar-refractivity contribution is 9.10. The molecule has 3 nitrogen and oxygen atoms in total. The first kappa shape index (κ1) is 13.4. The van der Waals surface area contributed by atoms with E-state index in [1.807, 2.05) is 13.0 Å². The van der Waals surface area contributed by atoms with Crippen LogP contribution >= 0.6 is 27.3 Å². The van der Waals surface area contributed by atoms with Gasteiger partial charge in [0.2, 0.25) is 0 Å². The van der Waals surface area contributed by atoms with Crippen LogP contribution in [0.1, 0.15) is 4.88 Å². The van der Waals surface area contributed by atoms with Crippen LogP contribution in [0.3, 0.4) is 0 Å². The van der Waals surface area contributed by atoms with Crippen molar-refractivity contribution in [2.24, 2.45) is 0 Å². The Labute approximate surface area is 125 Å². The Balaban J connectivity index is 2.27. The van der Waals surface area contributed by atoms with Gasteiger partial charge in [-0.15, -0.1) is 11.3 Å². The van der Waals surface area contributed by atoms with Crippen molar-refractivity contribution in [1.29, 1.82) is 0 Å². The minimum absolute atomic E-state index is 0.00970. The van der Waals surface area contributed by atoms with Crippen molar-refractivity contribution in [3.63, 3.8) is 0 Å². The van der Waals surface area contributed by atoms with E-state index >= 15 is 0 Å². The maximum Gasteiger partial charge on any atom is 0.173 e. The molecule has 0 saturated carbocycles. The molecule has 0 unspecified atom stereocenters. The van der Waals surface area contributed by atoms with E-state index in [1.54, 1.807) is 0 Å². The highest BCUT2D eigenvalue weighted by atomic mass is 79.9. The topological polar surface area (TPSA) is 51.8 Å². The molecule has 0 radical (unpaired) electrons. The van der Waals surface area contributed by atoms with E-state index in [2.05, 4.69) is 25.9 Å². The molecule has 1 aromatic carbocycles. The van der Waals surface area contributed by atoms with Crippen molar-refractivity contribution < 1.29 is 8.78 Å². The summed E-state index contributed by atoms with van der Waals surface area (Å²) < 4.78 is 26.7. The minimum atomic E-state index is -0.966. The Morgan fingerprint density at radius 3 is 2.75 bits per heavy atom. The third-order valence-corrected chi connectivity index (χ3v) is 4.54. The van der Waals surface area contributed by atoms with E-state index in [0.717, 1.165) is 21.2 Å². The van der Waals surface area contributed by atoms with Crippen molar-refractivity contribution in [3.05, 3.63) is 39.2 Å². The van der Waals surface area contributed by atoms with Crippen LogP contribution in [0.25, 0.3) is 21.6 Å². The van der Waals surface area contributed by atoms with Crippen molar-refractivity contribution in [2.45, 2.75) is 6.92 Å². The summed E-state index contributed by atoms with van der Waals surface area (Å²) in [6.45, 7) is 1.94. The Kier molecular flexibility index (Phi) is 3.18. The van der Waals surface area contributed by atoms with Crippen LogP contribution < -0.4 is 5.73 Å². The van der Waals surface area contributed by atoms with E-state index in [0.29, 0.717) is 11.4 Å². The number of rotatable bonds is 1. The molecule has 0 saturated heterocycles. The summed E-state index contributed by atoms with van der Waals surface area (Å²) in [7, 11) is 0. The number of aromatic nitrogens is 2. The van der Waals surface area contributed by atoms with Crippen LogP contribution in [0.2, 0.25) is 0 Å². The number of benzene rings is 1. The molecule has 0 bridgehead atoms. The molecular weight excluding hydrogens is 348 g/mol. The lowest BCUT2D eigenvalue weighted by molar-refractivity contribution is 0.504. The zero-order chi connectivity index (χ0) is 14.4. The first-order valence-corrected chi connectivity index (χ1v) is 7.26. The lowest BCUT2D eigenvalue weighted by Gasteiger charge is -2.06. The molecule has 7 heteroatoms. The average Bonchev–Trinajstić information content (AvgIpc) is 2.77. The number of hydrogen-bond donors (Lipinski definition) is 1. The predicted molar refractivity (Wildman–Crippen MR) is 79.6 cm³/mol. The van der Waals surface area contributed by atoms with Crippen LogP contribution in [0, 0.1) is 18.6 Å². The molecule has 3 aromatic rings. The number of nitrogens with zero attached hydrogens (tertiary/aromatic N) is 2. The largest absolute Gasteiger partial charge is 0.383 e. The summed E-state index contributed by atoms with van der Waals surface area (Å²) in [5.41, 5.74) is 6.26. The van der Waals surface area contributed by atoms with E-state index in [4.69, 9.17) is 5.73 Å². The fourth-order valence-corrected chi connectivity index (χ4v) is 3.27. The maximum absolute atomic E-state index is 13.6. The molecular formula is C13H8BrF2N3S. The normalized spacial score (nSPS) is 11.2. The Morgan fingerprint density at radius 2 is 2.00 bits per heavy atom. The third kappa shape index (κ3) is 2.06. The summed E-state index contributed by atoms with van der Waals surface area (Å²) in [5.74, 6) is -1.30. The molecule has 0 amide bonds. The molecule has 2 heterocycles. The fourth-order valence-electron chi connectivity index (χ4n) is 1.88. The van der Waals surface area contributed by atoms with Gasteiger partial charge in [0.1, 0.15) is 10.6 Å². The van der Waals surface area contributed by atoms with E-state index < -0.39 is 11.6 Å². The highest BCUT2D eigenvalue weighted by Gasteiger charge is 2.16. The molecule has 2 aromatic heterocycles. The summed E-state index contributed by atoms with van der Waals surface area (Å²) in [5, 5.41) is 0.773. The summed E-state index contributed by atoms with van der Waals surface area (Å²) in [6.07, 6.45) is 0. The number of thiophene rings is 1. The number of anilines is 1. The monoisotopic (exact) mass is 355 g/mol. The number of hydrogen-bond acceptors (Lipinski definition) is 4. The van der Waals surface area contributed by atoms with Gasteiger partial charge in [-0.3, -0.25) is 0 Å². The van der Waals surface area contributed by atoms with Gasteiger partial charge < -0.3 is 5.73 Å². The van der Waals surface area contributed by atoms with E-state index in [9.17, 15) is 8.78 Å². The van der Waals surface area contributed by atoms with Crippen molar-refractivity contribution in [1.82, 2.24) is 9.97 Å². The summed E-state index contributed by atoms with van der Waals surface area (Å²) in [4.78, 5) is 10.3. The smallest absolute Gasteiger partial charge is 0.173 e. The van der Waals surface area contributed by atoms with Gasteiger partial charge in [-0.2, -0.15) is 0 Å². The van der Waals surface area contributed by atoms with Crippen LogP contribution in [-0.4, -0.2) is 9.97 Å². The van der Waals surface area contributed by atoms with E-state index in [-0.39, 0.29) is 10.3 Å². The second-order valence-electron chi connectivity index (χ2n) is 4.23. The average molecular weight is 356 g/mol. The van der Waals surface area contributed by atoms with Crippen molar-refractivity contribution in [3.8, 4) is 11.4 Å². The summed E-state index contributed by atoms with van der Waals surface area (Å²) >= 11 is 4.50. The van der Waals surface area contributed by atoms with Gasteiger partial charge in [-0.1, -0.05) is 0 Å². The van der Waals surface area contributed by atoms with Gasteiger partial charge in [0.15, 0.2) is 17.5 Å². The van der Waals surface area contributed by atoms with Crippen LogP contribution in [0.4, 0.5) is 14.6 Å². The first-order chi connectivity index (χ1) is 9.47. The van der Waals surface area contributed by atoms with Crippen LogP contribution in [0.15, 0.2) is 22.7 Å². The number of nitrogens with two attached hydrogens (primary N) is 1. The number of halogens is 3. The van der Waals surface area contributed by atoms with Crippen LogP contribution in [0.5, 0.6) is 0 Å². The zero-order valence-corrected chi connectivity index (χ0v) is 12.6. The number of fused-ring (bicyclic) bond motifs is 1. The molecule has 3 rings (SSSR count). The molecule has 0 aliphatic carbocycles. The maximum atomic E-state index is 13.6. The molecule has 102 valence electrons. The zero-order valence-electron chi connectivity index (χ0n) is 10.2. The second kappa shape index (κ2) is 4.75. The van der Waals surface area contributed by atoms with Crippen LogP contribution in [-0.2, 0) is 0 Å². The lowest BCUT2D eigenvalue weighted by Crippen LogP contribution is -1.98. The summed E-state index contributed by atoms with van der Waals surface area (Å²) in [6, 6.07) is 4.36. The van der Waals surface area contributed by atoms with Crippen molar-refractivity contribution in [2.75, 3.05) is 5.73 Å². The van der Waals surface area contributed by atoms with Gasteiger partial charge >= 0.3 is 0 Å². The van der Waals surface area contributed by atoms with Gasteiger partial charge in [-0.05, 0) is 41.1 Å². The SMILES string of the molecule is Cc1cc2c(N)nc(-c3ccc(F)c(F)c3Br)nc2s1. The molecule has 20 heavy (non-hydrogen) atoms. The minimum Gasteiger partial charge on any atom is -0.383 e.